The molecule has 0 aliphatic carbocycles. The van der Waals surface area contributed by atoms with Crippen LogP contribution in [0.4, 0.5) is 0 Å². The van der Waals surface area contributed by atoms with E-state index in [0.29, 0.717) is 26.2 Å². The fraction of sp³-hybridized carbons (Fsp3) is 0.917. The molecular weight excluding hydrogens is 236 g/mol. The van der Waals surface area contributed by atoms with E-state index in [2.05, 4.69) is 10.6 Å². The van der Waals surface area contributed by atoms with Gasteiger partial charge in [-0.25, -0.2) is 0 Å². The zero-order valence-electron chi connectivity index (χ0n) is 11.1. The highest BCUT2D eigenvalue weighted by Crippen LogP contribution is 2.14. The van der Waals surface area contributed by atoms with Crippen LogP contribution in [0.15, 0.2) is 0 Å². The fourth-order valence-corrected chi connectivity index (χ4v) is 2.14. The van der Waals surface area contributed by atoms with Crippen molar-refractivity contribution in [2.45, 2.75) is 25.4 Å². The molecule has 0 aromatic heterocycles. The van der Waals surface area contributed by atoms with Gasteiger partial charge in [-0.3, -0.25) is 4.79 Å². The van der Waals surface area contributed by atoms with E-state index in [4.69, 9.17) is 14.6 Å². The number of rotatable bonds is 8. The summed E-state index contributed by atoms with van der Waals surface area (Å²) >= 11 is 0. The van der Waals surface area contributed by atoms with Crippen LogP contribution in [0.2, 0.25) is 0 Å². The minimum atomic E-state index is -0.164. The largest absolute Gasteiger partial charge is 0.396 e. The van der Waals surface area contributed by atoms with Crippen LogP contribution in [0.5, 0.6) is 0 Å². The van der Waals surface area contributed by atoms with E-state index >= 15 is 0 Å². The summed E-state index contributed by atoms with van der Waals surface area (Å²) in [5.41, 5.74) is 0. The fourth-order valence-electron chi connectivity index (χ4n) is 2.14. The Morgan fingerprint density at radius 1 is 1.56 bits per heavy atom. The number of aliphatic hydroxyl groups excluding tert-OH is 1. The molecule has 18 heavy (non-hydrogen) atoms. The highest BCUT2D eigenvalue weighted by molar-refractivity contribution is 5.80. The third-order valence-electron chi connectivity index (χ3n) is 3.08. The lowest BCUT2D eigenvalue weighted by atomic mass is 10.0. The maximum Gasteiger partial charge on any atom is 0.227 e. The Balaban J connectivity index is 2.46. The van der Waals surface area contributed by atoms with Gasteiger partial charge in [-0.2, -0.15) is 0 Å². The molecule has 1 heterocycles. The van der Waals surface area contributed by atoms with Crippen molar-refractivity contribution in [1.82, 2.24) is 10.6 Å². The molecule has 0 radical (unpaired) electrons. The summed E-state index contributed by atoms with van der Waals surface area (Å²) < 4.78 is 10.4. The molecule has 1 aliphatic rings. The molecule has 0 saturated carbocycles. The number of amides is 1. The highest BCUT2D eigenvalue weighted by Gasteiger charge is 2.34. The first-order valence-electron chi connectivity index (χ1n) is 6.44. The van der Waals surface area contributed by atoms with Crippen LogP contribution in [-0.2, 0) is 14.3 Å². The molecule has 106 valence electrons. The van der Waals surface area contributed by atoms with Crippen LogP contribution in [-0.4, -0.2) is 63.2 Å². The van der Waals surface area contributed by atoms with Crippen LogP contribution in [0.25, 0.3) is 0 Å². The van der Waals surface area contributed by atoms with Gasteiger partial charge in [0, 0.05) is 19.8 Å². The summed E-state index contributed by atoms with van der Waals surface area (Å²) in [6, 6.07) is -0.0669. The molecule has 6 heteroatoms. The Kier molecular flexibility index (Phi) is 7.19. The number of ether oxygens (including phenoxy) is 2. The maximum absolute atomic E-state index is 12.1. The van der Waals surface area contributed by atoms with Crippen molar-refractivity contribution in [3.63, 3.8) is 0 Å². The number of aliphatic hydroxyl groups is 1. The van der Waals surface area contributed by atoms with Crippen LogP contribution in [0.3, 0.4) is 0 Å². The number of carbonyl (C=O) groups excluding carboxylic acids is 1. The average molecular weight is 260 g/mol. The van der Waals surface area contributed by atoms with E-state index in [9.17, 15) is 4.79 Å². The molecule has 1 fully saturated rings. The molecule has 0 bridgehead atoms. The van der Waals surface area contributed by atoms with E-state index in [1.165, 1.54) is 0 Å². The lowest BCUT2D eigenvalue weighted by Crippen LogP contribution is -2.48. The topological polar surface area (TPSA) is 79.8 Å². The van der Waals surface area contributed by atoms with Gasteiger partial charge in [0.2, 0.25) is 5.91 Å². The summed E-state index contributed by atoms with van der Waals surface area (Å²) in [6.07, 6.45) is 0.499. The van der Waals surface area contributed by atoms with Crippen molar-refractivity contribution >= 4 is 5.91 Å². The maximum atomic E-state index is 12.1. The van der Waals surface area contributed by atoms with Gasteiger partial charge in [0.25, 0.3) is 0 Å². The Labute approximate surface area is 108 Å². The number of likely N-dealkylation sites (N-methyl/N-ethyl adjacent to an activating group) is 1. The molecular formula is C12H24N2O4. The predicted molar refractivity (Wildman–Crippen MR) is 67.3 cm³/mol. The van der Waals surface area contributed by atoms with Gasteiger partial charge in [0.05, 0.1) is 31.8 Å². The molecule has 0 aromatic rings. The predicted octanol–water partition coefficient (Wildman–Crippen LogP) is -0.875. The first-order chi connectivity index (χ1) is 8.72. The first-order valence-corrected chi connectivity index (χ1v) is 6.44. The van der Waals surface area contributed by atoms with Crippen molar-refractivity contribution in [3.8, 4) is 0 Å². The number of hydrogen-bond donors (Lipinski definition) is 3. The standard InChI is InChI=1S/C12H24N2O4/c1-3-13-11-8-18-7-10(11)12(16)14-9(4-5-15)6-17-2/h9-11,13,15H,3-8H2,1-2H3,(H,14,16). The van der Waals surface area contributed by atoms with E-state index in [0.717, 1.165) is 6.54 Å². The van der Waals surface area contributed by atoms with Crippen LogP contribution in [0, 0.1) is 5.92 Å². The van der Waals surface area contributed by atoms with E-state index in [-0.39, 0.29) is 30.5 Å². The Morgan fingerprint density at radius 2 is 2.33 bits per heavy atom. The summed E-state index contributed by atoms with van der Waals surface area (Å²) in [5, 5.41) is 15.1. The van der Waals surface area contributed by atoms with E-state index in [1.54, 1.807) is 7.11 Å². The quantitative estimate of drug-likeness (QED) is 0.528. The molecule has 1 rings (SSSR count). The monoisotopic (exact) mass is 260 g/mol. The molecule has 0 spiro atoms. The normalized spacial score (nSPS) is 25.1. The molecule has 1 amide bonds. The van der Waals surface area contributed by atoms with Gasteiger partial charge in [0.1, 0.15) is 0 Å². The van der Waals surface area contributed by atoms with Crippen molar-refractivity contribution in [2.75, 3.05) is 40.1 Å². The van der Waals surface area contributed by atoms with Crippen molar-refractivity contribution in [2.24, 2.45) is 5.92 Å². The average Bonchev–Trinajstić information content (AvgIpc) is 2.78. The van der Waals surface area contributed by atoms with E-state index < -0.39 is 0 Å². The van der Waals surface area contributed by atoms with Crippen molar-refractivity contribution in [1.29, 1.82) is 0 Å². The number of nitrogens with one attached hydrogen (secondary N) is 2. The van der Waals surface area contributed by atoms with Gasteiger partial charge in [-0.1, -0.05) is 6.92 Å². The Morgan fingerprint density at radius 3 is 2.94 bits per heavy atom. The summed E-state index contributed by atoms with van der Waals surface area (Å²) in [7, 11) is 1.58. The summed E-state index contributed by atoms with van der Waals surface area (Å²) in [4.78, 5) is 12.1. The lowest BCUT2D eigenvalue weighted by molar-refractivity contribution is -0.126. The van der Waals surface area contributed by atoms with Gasteiger partial charge in [0.15, 0.2) is 0 Å². The second-order valence-electron chi connectivity index (χ2n) is 4.48. The molecule has 0 aromatic carbocycles. The van der Waals surface area contributed by atoms with Crippen LogP contribution < -0.4 is 10.6 Å². The lowest BCUT2D eigenvalue weighted by Gasteiger charge is -2.22. The third-order valence-corrected chi connectivity index (χ3v) is 3.08. The number of methoxy groups -OCH3 is 1. The number of carbonyl (C=O) groups is 1. The molecule has 6 nitrogen and oxygen atoms in total. The number of hydrogen-bond acceptors (Lipinski definition) is 5. The van der Waals surface area contributed by atoms with Crippen LogP contribution in [0.1, 0.15) is 13.3 Å². The van der Waals surface area contributed by atoms with E-state index in [1.807, 2.05) is 6.92 Å². The molecule has 1 saturated heterocycles. The molecule has 1 aliphatic heterocycles. The first kappa shape index (κ1) is 15.4. The van der Waals surface area contributed by atoms with Gasteiger partial charge in [-0.05, 0) is 13.0 Å². The zero-order valence-corrected chi connectivity index (χ0v) is 11.1. The Hall–Kier alpha value is -0.690. The molecule has 3 atom stereocenters. The second kappa shape index (κ2) is 8.42. The van der Waals surface area contributed by atoms with Gasteiger partial charge in [-0.15, -0.1) is 0 Å². The second-order valence-corrected chi connectivity index (χ2v) is 4.48. The minimum Gasteiger partial charge on any atom is -0.396 e. The molecule has 3 unspecified atom stereocenters. The summed E-state index contributed by atoms with van der Waals surface area (Å²) in [6.45, 7) is 4.28. The minimum absolute atomic E-state index is 0.0334. The summed E-state index contributed by atoms with van der Waals surface area (Å²) in [5.74, 6) is -0.197. The molecule has 3 N–H and O–H groups in total. The van der Waals surface area contributed by atoms with Crippen LogP contribution >= 0.6 is 0 Å². The van der Waals surface area contributed by atoms with Crippen molar-refractivity contribution in [3.05, 3.63) is 0 Å². The highest BCUT2D eigenvalue weighted by atomic mass is 16.5. The Bertz CT molecular complexity index is 244. The van der Waals surface area contributed by atoms with Crippen molar-refractivity contribution < 1.29 is 19.4 Å². The third kappa shape index (κ3) is 4.53. The van der Waals surface area contributed by atoms with Gasteiger partial charge >= 0.3 is 0 Å². The zero-order chi connectivity index (χ0) is 13.4. The van der Waals surface area contributed by atoms with Gasteiger partial charge < -0.3 is 25.2 Å². The smallest absolute Gasteiger partial charge is 0.227 e. The SMILES string of the molecule is CCNC1COCC1C(=O)NC(CCO)COC.